The largest absolute Gasteiger partial charge is 1.00 e. The van der Waals surface area contributed by atoms with Crippen LogP contribution in [0.3, 0.4) is 0 Å². The Labute approximate surface area is 202 Å². The van der Waals surface area contributed by atoms with Crippen LogP contribution in [0, 0.1) is 0 Å². The second-order valence-electron chi connectivity index (χ2n) is 9.66. The SMILES string of the molecule is CCCCCCCCCCCCCCCCN[C@@H]1C(O)O[C@H](C(C)(C)O)[C@@H](O)[C@@H]1O.[Cl-].[NH4+]. The van der Waals surface area contributed by atoms with E-state index in [1.54, 1.807) is 0 Å². The lowest BCUT2D eigenvalue weighted by Crippen LogP contribution is -3.00. The van der Waals surface area contributed by atoms with Crippen LogP contribution < -0.4 is 23.9 Å². The van der Waals surface area contributed by atoms with Gasteiger partial charge in [-0.2, -0.15) is 0 Å². The summed E-state index contributed by atoms with van der Waals surface area (Å²) in [5.74, 6) is 0. The van der Waals surface area contributed by atoms with Gasteiger partial charge in [0.2, 0.25) is 0 Å². The molecule has 0 radical (unpaired) electrons. The highest BCUT2D eigenvalue weighted by Gasteiger charge is 2.48. The van der Waals surface area contributed by atoms with E-state index in [4.69, 9.17) is 4.74 Å². The summed E-state index contributed by atoms with van der Waals surface area (Å²) in [5.41, 5.74) is -1.35. The number of nitrogens with one attached hydrogen (secondary N) is 1. The summed E-state index contributed by atoms with van der Waals surface area (Å²) in [4.78, 5) is 0. The number of quaternary nitrogens is 1. The molecule has 8 heteroatoms. The predicted octanol–water partition coefficient (Wildman–Crippen LogP) is 1.02. The predicted molar refractivity (Wildman–Crippen MR) is 127 cm³/mol. The molecule has 9 N–H and O–H groups in total. The average Bonchev–Trinajstić information content (AvgIpc) is 2.69. The summed E-state index contributed by atoms with van der Waals surface area (Å²) in [6.07, 6.45) is 13.5. The quantitative estimate of drug-likeness (QED) is 0.170. The van der Waals surface area contributed by atoms with E-state index in [1.807, 2.05) is 0 Å². The van der Waals surface area contributed by atoms with Crippen LogP contribution in [0.2, 0.25) is 0 Å². The van der Waals surface area contributed by atoms with Gasteiger partial charge in [0.1, 0.15) is 18.3 Å². The molecule has 1 aliphatic heterocycles. The molecule has 1 aliphatic rings. The number of aliphatic hydroxyl groups excluding tert-OH is 3. The van der Waals surface area contributed by atoms with E-state index in [9.17, 15) is 20.4 Å². The molecule has 0 aromatic rings. The average molecular weight is 485 g/mol. The van der Waals surface area contributed by atoms with Crippen molar-refractivity contribution >= 4 is 0 Å². The van der Waals surface area contributed by atoms with Crippen molar-refractivity contribution < 1.29 is 37.6 Å². The lowest BCUT2D eigenvalue weighted by atomic mass is 9.88. The Morgan fingerprint density at radius 1 is 0.719 bits per heavy atom. The molecule has 1 saturated heterocycles. The number of hydrogen-bond acceptors (Lipinski definition) is 6. The van der Waals surface area contributed by atoms with Gasteiger partial charge >= 0.3 is 0 Å². The highest BCUT2D eigenvalue weighted by atomic mass is 35.5. The van der Waals surface area contributed by atoms with E-state index in [-0.39, 0.29) is 18.6 Å². The first-order valence-corrected chi connectivity index (χ1v) is 12.4. The maximum Gasteiger partial charge on any atom is 0.173 e. The van der Waals surface area contributed by atoms with Crippen LogP contribution in [0.25, 0.3) is 0 Å². The van der Waals surface area contributed by atoms with Crippen LogP contribution in [0.15, 0.2) is 0 Å². The first kappa shape index (κ1) is 34.2. The molecule has 0 aromatic heterocycles. The number of unbranched alkanes of at least 4 members (excludes halogenated alkanes) is 13. The fourth-order valence-electron chi connectivity index (χ4n) is 4.27. The Bertz CT molecular complexity index is 426. The maximum absolute atomic E-state index is 10.3. The van der Waals surface area contributed by atoms with Gasteiger partial charge < -0.3 is 49.0 Å². The highest BCUT2D eigenvalue weighted by Crippen LogP contribution is 2.27. The monoisotopic (exact) mass is 484 g/mol. The lowest BCUT2D eigenvalue weighted by molar-refractivity contribution is -0.281. The standard InChI is InChI=1S/C24H49NO5.ClH.H3N/c1-4-5-6-7-8-9-10-11-12-13-14-15-16-17-18-25-19-20(26)21(27)22(24(2,3)29)30-23(19)28;;/h19-23,25-29H,4-18H2,1-3H3;1H;1H3/t19-,20+,21-,22-,23?;;/m0../s1. The number of aliphatic hydroxyl groups is 4. The molecule has 0 amide bonds. The van der Waals surface area contributed by atoms with E-state index in [0.29, 0.717) is 6.54 Å². The molecule has 0 aromatic carbocycles. The zero-order valence-electron chi connectivity index (χ0n) is 21.1. The van der Waals surface area contributed by atoms with Crippen molar-refractivity contribution in [2.45, 2.75) is 147 Å². The zero-order chi connectivity index (χ0) is 22.4. The van der Waals surface area contributed by atoms with Crippen LogP contribution in [0.5, 0.6) is 0 Å². The molecule has 196 valence electrons. The Hall–Kier alpha value is 0.01000. The number of hydrogen-bond donors (Lipinski definition) is 6. The summed E-state index contributed by atoms with van der Waals surface area (Å²) in [5, 5.41) is 43.8. The van der Waals surface area contributed by atoms with Gasteiger partial charge in [0.15, 0.2) is 6.29 Å². The molecule has 1 heterocycles. The van der Waals surface area contributed by atoms with Gasteiger partial charge in [-0.05, 0) is 26.8 Å². The van der Waals surface area contributed by atoms with E-state index >= 15 is 0 Å². The van der Waals surface area contributed by atoms with Crippen molar-refractivity contribution in [1.82, 2.24) is 11.5 Å². The molecule has 0 aliphatic carbocycles. The third-order valence-corrected chi connectivity index (χ3v) is 6.23. The second kappa shape index (κ2) is 19.3. The molecule has 1 fully saturated rings. The van der Waals surface area contributed by atoms with Crippen LogP contribution in [-0.2, 0) is 4.74 Å². The Balaban J connectivity index is 0. The molecule has 0 spiro atoms. The number of ether oxygens (including phenoxy) is 1. The fraction of sp³-hybridized carbons (Fsp3) is 1.00. The van der Waals surface area contributed by atoms with Gasteiger partial charge in [-0.15, -0.1) is 0 Å². The molecule has 1 unspecified atom stereocenters. The smallest absolute Gasteiger partial charge is 0.173 e. The van der Waals surface area contributed by atoms with Crippen molar-refractivity contribution in [2.24, 2.45) is 0 Å². The summed E-state index contributed by atoms with van der Waals surface area (Å²) in [6.45, 7) is 5.89. The molecule has 1 rings (SSSR count). The third-order valence-electron chi connectivity index (χ3n) is 6.23. The third kappa shape index (κ3) is 13.7. The van der Waals surface area contributed by atoms with E-state index < -0.39 is 36.2 Å². The number of halogens is 1. The molecule has 7 nitrogen and oxygen atoms in total. The van der Waals surface area contributed by atoms with Crippen LogP contribution in [0.4, 0.5) is 0 Å². The van der Waals surface area contributed by atoms with Crippen LogP contribution in [0.1, 0.15) is 111 Å². The van der Waals surface area contributed by atoms with Gasteiger partial charge in [-0.3, -0.25) is 0 Å². The number of rotatable bonds is 17. The minimum Gasteiger partial charge on any atom is -1.00 e. The van der Waals surface area contributed by atoms with Crippen molar-refractivity contribution in [3.05, 3.63) is 0 Å². The first-order chi connectivity index (χ1) is 14.3. The Morgan fingerprint density at radius 3 is 1.53 bits per heavy atom. The van der Waals surface area contributed by atoms with Crippen molar-refractivity contribution in [2.75, 3.05) is 6.54 Å². The van der Waals surface area contributed by atoms with Gasteiger partial charge in [0.05, 0.1) is 11.6 Å². The van der Waals surface area contributed by atoms with Crippen LogP contribution >= 0.6 is 0 Å². The van der Waals surface area contributed by atoms with E-state index in [1.165, 1.54) is 90.9 Å². The van der Waals surface area contributed by atoms with Crippen molar-refractivity contribution in [1.29, 1.82) is 0 Å². The van der Waals surface area contributed by atoms with Crippen molar-refractivity contribution in [3.63, 3.8) is 0 Å². The van der Waals surface area contributed by atoms with Crippen LogP contribution in [-0.4, -0.2) is 63.2 Å². The second-order valence-corrected chi connectivity index (χ2v) is 9.66. The van der Waals surface area contributed by atoms with Gasteiger partial charge in [0.25, 0.3) is 0 Å². The minimum absolute atomic E-state index is 0. The molecular formula is C24H53ClN2O5. The van der Waals surface area contributed by atoms with E-state index in [0.717, 1.165) is 12.8 Å². The molecule has 0 bridgehead atoms. The van der Waals surface area contributed by atoms with E-state index in [2.05, 4.69) is 12.2 Å². The molecule has 32 heavy (non-hydrogen) atoms. The summed E-state index contributed by atoms with van der Waals surface area (Å²) in [6, 6.07) is -0.749. The highest BCUT2D eigenvalue weighted by molar-refractivity contribution is 4.98. The van der Waals surface area contributed by atoms with Gasteiger partial charge in [0, 0.05) is 0 Å². The lowest BCUT2D eigenvalue weighted by Gasteiger charge is -2.45. The van der Waals surface area contributed by atoms with Gasteiger partial charge in [-0.25, -0.2) is 0 Å². The Kier molecular flexibility index (Phi) is 20.6. The topological polar surface area (TPSA) is 139 Å². The first-order valence-electron chi connectivity index (χ1n) is 12.4. The fourth-order valence-corrected chi connectivity index (χ4v) is 4.27. The normalized spacial score (nSPS) is 25.8. The maximum atomic E-state index is 10.3. The summed E-state index contributed by atoms with van der Waals surface area (Å²) < 4.78 is 5.35. The molecule has 0 saturated carbocycles. The summed E-state index contributed by atoms with van der Waals surface area (Å²) >= 11 is 0. The Morgan fingerprint density at radius 2 is 1.12 bits per heavy atom. The van der Waals surface area contributed by atoms with Gasteiger partial charge in [-0.1, -0.05) is 90.4 Å². The molecular weight excluding hydrogens is 432 g/mol. The minimum atomic E-state index is -1.35. The zero-order valence-corrected chi connectivity index (χ0v) is 21.8. The summed E-state index contributed by atoms with van der Waals surface area (Å²) in [7, 11) is 0. The molecule has 5 atom stereocenters. The van der Waals surface area contributed by atoms with Crippen molar-refractivity contribution in [3.8, 4) is 0 Å².